The molecule has 0 saturated carbocycles. The fourth-order valence-corrected chi connectivity index (χ4v) is 5.17. The second-order valence-corrected chi connectivity index (χ2v) is 10.8. The number of hydrogen-bond acceptors (Lipinski definition) is 5. The molecule has 2 rings (SSSR count). The van der Waals surface area contributed by atoms with Gasteiger partial charge in [0.05, 0.1) is 10.8 Å². The van der Waals surface area contributed by atoms with Gasteiger partial charge in [-0.2, -0.15) is 8.42 Å². The van der Waals surface area contributed by atoms with Crippen LogP contribution >= 0.6 is 0 Å². The predicted octanol–water partition coefficient (Wildman–Crippen LogP) is 6.72. The van der Waals surface area contributed by atoms with Gasteiger partial charge < -0.3 is 4.74 Å². The zero-order valence-corrected chi connectivity index (χ0v) is 20.8. The van der Waals surface area contributed by atoms with Crippen LogP contribution in [0.3, 0.4) is 0 Å². The standard InChI is InChI=1S/C26H42O5S/c1-3-4-5-6-7-8-9-10-11-12-13-14-15-23-20-24(31-26(23)27)21-30-32(28,29)25-18-16-22(2)17-19-25/h16-19,23-24H,3-15,20-21H2,1-2H3. The van der Waals surface area contributed by atoms with Gasteiger partial charge in [-0.15, -0.1) is 0 Å². The topological polar surface area (TPSA) is 69.7 Å². The summed E-state index contributed by atoms with van der Waals surface area (Å²) in [5.74, 6) is -0.344. The summed E-state index contributed by atoms with van der Waals surface area (Å²) in [6, 6.07) is 6.52. The van der Waals surface area contributed by atoms with E-state index < -0.39 is 16.2 Å². The number of unbranched alkanes of at least 4 members (excludes halogenated alkanes) is 11. The average molecular weight is 467 g/mol. The molecule has 5 nitrogen and oxygen atoms in total. The van der Waals surface area contributed by atoms with Crippen molar-refractivity contribution in [3.63, 3.8) is 0 Å². The molecule has 182 valence electrons. The van der Waals surface area contributed by atoms with Crippen LogP contribution in [0.25, 0.3) is 0 Å². The molecule has 1 aromatic carbocycles. The third kappa shape index (κ3) is 10.0. The maximum atomic E-state index is 12.3. The van der Waals surface area contributed by atoms with Gasteiger partial charge in [0.2, 0.25) is 0 Å². The number of ether oxygens (including phenoxy) is 1. The lowest BCUT2D eigenvalue weighted by atomic mass is 9.97. The first-order valence-electron chi connectivity index (χ1n) is 12.6. The molecular weight excluding hydrogens is 424 g/mol. The van der Waals surface area contributed by atoms with Crippen molar-refractivity contribution in [3.05, 3.63) is 29.8 Å². The Morgan fingerprint density at radius 3 is 1.97 bits per heavy atom. The Balaban J connectivity index is 1.53. The molecule has 1 aliphatic rings. The van der Waals surface area contributed by atoms with Crippen molar-refractivity contribution in [2.45, 2.75) is 115 Å². The quantitative estimate of drug-likeness (QED) is 0.145. The van der Waals surface area contributed by atoms with E-state index in [0.717, 1.165) is 24.8 Å². The van der Waals surface area contributed by atoms with E-state index in [-0.39, 0.29) is 23.4 Å². The van der Waals surface area contributed by atoms with Gasteiger partial charge in [-0.05, 0) is 31.9 Å². The van der Waals surface area contributed by atoms with Gasteiger partial charge in [-0.25, -0.2) is 0 Å². The second-order valence-electron chi connectivity index (χ2n) is 9.22. The van der Waals surface area contributed by atoms with Crippen molar-refractivity contribution in [1.82, 2.24) is 0 Å². The molecule has 0 amide bonds. The Morgan fingerprint density at radius 2 is 1.41 bits per heavy atom. The van der Waals surface area contributed by atoms with Crippen LogP contribution in [0.15, 0.2) is 29.2 Å². The van der Waals surface area contributed by atoms with Crippen LogP contribution in [0, 0.1) is 12.8 Å². The fraction of sp³-hybridized carbons (Fsp3) is 0.731. The van der Waals surface area contributed by atoms with Gasteiger partial charge in [-0.1, -0.05) is 102 Å². The molecule has 1 fully saturated rings. The van der Waals surface area contributed by atoms with E-state index in [1.807, 2.05) is 6.92 Å². The second kappa shape index (κ2) is 14.7. The monoisotopic (exact) mass is 466 g/mol. The van der Waals surface area contributed by atoms with Crippen LogP contribution in [0.5, 0.6) is 0 Å². The Labute approximate surface area is 195 Å². The maximum Gasteiger partial charge on any atom is 0.309 e. The van der Waals surface area contributed by atoms with Crippen LogP contribution in [-0.2, 0) is 23.8 Å². The molecule has 1 aliphatic heterocycles. The van der Waals surface area contributed by atoms with Gasteiger partial charge in [0.1, 0.15) is 12.7 Å². The summed E-state index contributed by atoms with van der Waals surface area (Å²) in [4.78, 5) is 12.2. The molecule has 2 unspecified atom stereocenters. The number of carbonyl (C=O) groups is 1. The van der Waals surface area contributed by atoms with Crippen LogP contribution in [-0.4, -0.2) is 27.1 Å². The normalized spacial score (nSPS) is 18.8. The Kier molecular flexibility index (Phi) is 12.3. The van der Waals surface area contributed by atoms with E-state index in [9.17, 15) is 13.2 Å². The molecule has 6 heteroatoms. The number of hydrogen-bond donors (Lipinski definition) is 0. The predicted molar refractivity (Wildman–Crippen MR) is 128 cm³/mol. The van der Waals surface area contributed by atoms with Crippen LogP contribution in [0.1, 0.15) is 102 Å². The summed E-state index contributed by atoms with van der Waals surface area (Å²) in [6.45, 7) is 4.03. The number of rotatable bonds is 17. The Morgan fingerprint density at radius 1 is 0.875 bits per heavy atom. The summed E-state index contributed by atoms with van der Waals surface area (Å²) < 4.78 is 35.1. The first-order chi connectivity index (χ1) is 15.4. The molecular formula is C26H42O5S. The number of esters is 1. The van der Waals surface area contributed by atoms with Gasteiger partial charge in [0, 0.05) is 0 Å². The lowest BCUT2D eigenvalue weighted by molar-refractivity contribution is -0.145. The van der Waals surface area contributed by atoms with Crippen LogP contribution in [0.4, 0.5) is 0 Å². The first-order valence-corrected chi connectivity index (χ1v) is 14.0. The van der Waals surface area contributed by atoms with Crippen LogP contribution in [0.2, 0.25) is 0 Å². The van der Waals surface area contributed by atoms with Crippen molar-refractivity contribution in [1.29, 1.82) is 0 Å². The van der Waals surface area contributed by atoms with E-state index >= 15 is 0 Å². The van der Waals surface area contributed by atoms with E-state index in [4.69, 9.17) is 8.92 Å². The van der Waals surface area contributed by atoms with E-state index in [1.54, 1.807) is 12.1 Å². The highest BCUT2D eigenvalue weighted by molar-refractivity contribution is 7.86. The minimum atomic E-state index is -3.83. The molecule has 0 N–H and O–H groups in total. The summed E-state index contributed by atoms with van der Waals surface area (Å²) in [6.07, 6.45) is 16.4. The minimum absolute atomic E-state index is 0.114. The van der Waals surface area contributed by atoms with Crippen molar-refractivity contribution < 1.29 is 22.1 Å². The van der Waals surface area contributed by atoms with Crippen molar-refractivity contribution in [2.75, 3.05) is 6.61 Å². The largest absolute Gasteiger partial charge is 0.460 e. The molecule has 0 radical (unpaired) electrons. The maximum absolute atomic E-state index is 12.3. The third-order valence-corrected chi connectivity index (χ3v) is 7.58. The van der Waals surface area contributed by atoms with Crippen LogP contribution < -0.4 is 0 Å². The molecule has 0 aliphatic carbocycles. The van der Waals surface area contributed by atoms with Gasteiger partial charge in [-0.3, -0.25) is 8.98 Å². The molecule has 1 aromatic rings. The molecule has 2 atom stereocenters. The number of cyclic esters (lactones) is 1. The van der Waals surface area contributed by atoms with E-state index in [1.165, 1.54) is 76.3 Å². The highest BCUT2D eigenvalue weighted by atomic mass is 32.2. The van der Waals surface area contributed by atoms with Crippen molar-refractivity contribution in [3.8, 4) is 0 Å². The minimum Gasteiger partial charge on any atom is -0.460 e. The summed E-state index contributed by atoms with van der Waals surface area (Å²) in [5, 5.41) is 0. The SMILES string of the molecule is CCCCCCCCCCCCCCC1CC(COS(=O)(=O)c2ccc(C)cc2)OC1=O. The lowest BCUT2D eigenvalue weighted by Crippen LogP contribution is -2.18. The van der Waals surface area contributed by atoms with Crippen molar-refractivity contribution >= 4 is 16.1 Å². The number of benzene rings is 1. The first kappa shape index (κ1) is 26.8. The molecule has 0 spiro atoms. The fourth-order valence-electron chi connectivity index (χ4n) is 4.23. The number of carbonyl (C=O) groups excluding carboxylic acids is 1. The zero-order valence-electron chi connectivity index (χ0n) is 20.0. The summed E-state index contributed by atoms with van der Waals surface area (Å²) in [7, 11) is -3.83. The Hall–Kier alpha value is -1.40. The molecule has 0 bridgehead atoms. The Bertz CT molecular complexity index is 757. The average Bonchev–Trinajstić information content (AvgIpc) is 3.13. The smallest absolute Gasteiger partial charge is 0.309 e. The van der Waals surface area contributed by atoms with Gasteiger partial charge >= 0.3 is 5.97 Å². The highest BCUT2D eigenvalue weighted by Gasteiger charge is 2.35. The van der Waals surface area contributed by atoms with Crippen molar-refractivity contribution in [2.24, 2.45) is 5.92 Å². The molecule has 32 heavy (non-hydrogen) atoms. The zero-order chi connectivity index (χ0) is 23.2. The van der Waals surface area contributed by atoms with E-state index in [0.29, 0.717) is 6.42 Å². The molecule has 1 heterocycles. The number of aryl methyl sites for hydroxylation is 1. The van der Waals surface area contributed by atoms with Gasteiger partial charge in [0.15, 0.2) is 0 Å². The lowest BCUT2D eigenvalue weighted by Gasteiger charge is -2.10. The third-order valence-electron chi connectivity index (χ3n) is 6.29. The summed E-state index contributed by atoms with van der Waals surface area (Å²) in [5.41, 5.74) is 0.981. The summed E-state index contributed by atoms with van der Waals surface area (Å²) >= 11 is 0. The highest BCUT2D eigenvalue weighted by Crippen LogP contribution is 2.27. The molecule has 0 aromatic heterocycles. The van der Waals surface area contributed by atoms with E-state index in [2.05, 4.69) is 6.92 Å². The van der Waals surface area contributed by atoms with Gasteiger partial charge in [0.25, 0.3) is 10.1 Å². The molecule has 1 saturated heterocycles.